The first kappa shape index (κ1) is 18.9. The molecule has 0 unspecified atom stereocenters. The predicted molar refractivity (Wildman–Crippen MR) is 99.9 cm³/mol. The third kappa shape index (κ3) is 3.18. The number of hydrogen-bond donors (Lipinski definition) is 1. The van der Waals surface area contributed by atoms with Crippen molar-refractivity contribution in [2.24, 2.45) is 35.0 Å². The molecule has 0 aromatic rings. The molecule has 0 heterocycles. The third-order valence-corrected chi connectivity index (χ3v) is 8.04. The summed E-state index contributed by atoms with van der Waals surface area (Å²) in [5, 5.41) is 11.1. The second-order valence-corrected chi connectivity index (χ2v) is 9.80. The van der Waals surface area contributed by atoms with Crippen LogP contribution in [-0.4, -0.2) is 22.8 Å². The Labute approximate surface area is 153 Å². The fraction of sp³-hybridized carbons (Fsp3) is 0.864. The summed E-state index contributed by atoms with van der Waals surface area (Å²) in [4.78, 5) is 11.6. The largest absolute Gasteiger partial charge is 0.462 e. The van der Waals surface area contributed by atoms with Crippen molar-refractivity contribution < 1.29 is 14.6 Å². The molecule has 0 saturated heterocycles. The van der Waals surface area contributed by atoms with E-state index in [9.17, 15) is 9.90 Å². The molecule has 0 aliphatic heterocycles. The molecule has 3 aliphatic carbocycles. The number of hydrogen-bond acceptors (Lipinski definition) is 3. The van der Waals surface area contributed by atoms with Gasteiger partial charge in [-0.1, -0.05) is 26.0 Å². The minimum absolute atomic E-state index is 0.0203. The van der Waals surface area contributed by atoms with Gasteiger partial charge in [0, 0.05) is 6.92 Å². The van der Waals surface area contributed by atoms with Crippen molar-refractivity contribution in [1.82, 2.24) is 0 Å². The lowest BCUT2D eigenvalue weighted by molar-refractivity contribution is -0.187. The van der Waals surface area contributed by atoms with Gasteiger partial charge in [-0.3, -0.25) is 4.79 Å². The first-order valence-corrected chi connectivity index (χ1v) is 10.1. The Morgan fingerprint density at radius 2 is 1.76 bits per heavy atom. The molecule has 1 N–H and O–H groups in total. The quantitative estimate of drug-likeness (QED) is 0.579. The van der Waals surface area contributed by atoms with E-state index >= 15 is 0 Å². The van der Waals surface area contributed by atoms with E-state index in [0.717, 1.165) is 32.1 Å². The molecule has 0 aromatic carbocycles. The van der Waals surface area contributed by atoms with Gasteiger partial charge >= 0.3 is 5.97 Å². The van der Waals surface area contributed by atoms with Crippen molar-refractivity contribution in [3.63, 3.8) is 0 Å². The lowest BCUT2D eigenvalue weighted by atomic mass is 9.44. The van der Waals surface area contributed by atoms with E-state index in [1.54, 1.807) is 0 Å². The molecule has 3 heteroatoms. The van der Waals surface area contributed by atoms with Gasteiger partial charge in [0.2, 0.25) is 0 Å². The Kier molecular flexibility index (Phi) is 4.85. The van der Waals surface area contributed by atoms with Crippen LogP contribution < -0.4 is 0 Å². The summed E-state index contributed by atoms with van der Waals surface area (Å²) >= 11 is 0. The van der Waals surface area contributed by atoms with E-state index in [1.165, 1.54) is 18.9 Å². The van der Waals surface area contributed by atoms with Gasteiger partial charge in [-0.15, -0.1) is 0 Å². The Hall–Kier alpha value is -0.830. The fourth-order valence-corrected chi connectivity index (χ4v) is 6.84. The summed E-state index contributed by atoms with van der Waals surface area (Å²) in [6, 6.07) is 0. The zero-order chi connectivity index (χ0) is 18.6. The van der Waals surface area contributed by atoms with Crippen molar-refractivity contribution in [3.8, 4) is 0 Å². The Morgan fingerprint density at radius 1 is 1.12 bits per heavy atom. The van der Waals surface area contributed by atoms with Gasteiger partial charge in [-0.05, 0) is 87.4 Å². The van der Waals surface area contributed by atoms with Crippen LogP contribution in [0.2, 0.25) is 0 Å². The Morgan fingerprint density at radius 3 is 2.36 bits per heavy atom. The molecule has 3 aliphatic rings. The number of esters is 1. The van der Waals surface area contributed by atoms with Crippen LogP contribution in [0.5, 0.6) is 0 Å². The first-order chi connectivity index (χ1) is 11.6. The molecular weight excluding hydrogens is 312 g/mol. The summed E-state index contributed by atoms with van der Waals surface area (Å²) in [7, 11) is 0. The van der Waals surface area contributed by atoms with Crippen LogP contribution in [0.25, 0.3) is 0 Å². The molecular formula is C22H36O3. The van der Waals surface area contributed by atoms with E-state index in [4.69, 9.17) is 4.74 Å². The lowest BCUT2D eigenvalue weighted by Gasteiger charge is -2.62. The fourth-order valence-electron chi connectivity index (χ4n) is 6.84. The molecule has 3 rings (SSSR count). The standard InChI is InChI=1S/C22H36O3/c1-13(2)16-7-12-22(6,24)17-8-10-21(5)11-9-18(25-15(4)23)14(3)20(21)19(16)17/h14,16-20,24H,1,7-12H2,2-6H3/t14-,16-,17+,18+,19-,20+,21-,22-/m0/s1. The topological polar surface area (TPSA) is 46.5 Å². The van der Waals surface area contributed by atoms with Crippen molar-refractivity contribution in [1.29, 1.82) is 0 Å². The van der Waals surface area contributed by atoms with Crippen LogP contribution in [-0.2, 0) is 9.53 Å². The van der Waals surface area contributed by atoms with Gasteiger partial charge in [0.1, 0.15) is 6.10 Å². The summed E-state index contributed by atoms with van der Waals surface area (Å²) in [5.41, 5.74) is 0.973. The molecule has 0 radical (unpaired) electrons. The normalized spacial score (nSPS) is 49.7. The van der Waals surface area contributed by atoms with E-state index in [2.05, 4.69) is 27.4 Å². The van der Waals surface area contributed by atoms with Gasteiger partial charge in [0.05, 0.1) is 5.60 Å². The second-order valence-electron chi connectivity index (χ2n) is 9.80. The number of carbonyl (C=O) groups is 1. The summed E-state index contributed by atoms with van der Waals surface area (Å²) in [6.07, 6.45) is 6.30. The highest BCUT2D eigenvalue weighted by atomic mass is 16.5. The SMILES string of the molecule is C=C(C)[C@@H]1CC[C@](C)(O)[C@@H]2CC[C@@]3(C)CC[C@@H](OC(C)=O)[C@H](C)[C@@H]3[C@H]21. The number of aliphatic hydroxyl groups is 1. The zero-order valence-electron chi connectivity index (χ0n) is 16.7. The summed E-state index contributed by atoms with van der Waals surface area (Å²) in [6.45, 7) is 14.7. The average molecular weight is 349 g/mol. The average Bonchev–Trinajstić information content (AvgIpc) is 2.49. The van der Waals surface area contributed by atoms with Gasteiger partial charge in [-0.25, -0.2) is 0 Å². The van der Waals surface area contributed by atoms with E-state index in [1.807, 2.05) is 6.92 Å². The maximum Gasteiger partial charge on any atom is 0.302 e. The van der Waals surface area contributed by atoms with Gasteiger partial charge in [0.25, 0.3) is 0 Å². The molecule has 8 atom stereocenters. The summed E-state index contributed by atoms with van der Waals surface area (Å²) in [5.74, 6) is 1.92. The number of rotatable bonds is 2. The van der Waals surface area contributed by atoms with Gasteiger partial charge < -0.3 is 9.84 Å². The zero-order valence-corrected chi connectivity index (χ0v) is 16.7. The second kappa shape index (κ2) is 6.40. The molecule has 0 aromatic heterocycles. The molecule has 0 bridgehead atoms. The number of carbonyl (C=O) groups excluding carboxylic acids is 1. The molecule has 3 fully saturated rings. The lowest BCUT2D eigenvalue weighted by Crippen LogP contribution is -2.59. The van der Waals surface area contributed by atoms with Gasteiger partial charge in [0.15, 0.2) is 0 Å². The highest BCUT2D eigenvalue weighted by molar-refractivity contribution is 5.66. The minimum atomic E-state index is -0.577. The van der Waals surface area contributed by atoms with Crippen molar-refractivity contribution in [2.45, 2.75) is 84.8 Å². The van der Waals surface area contributed by atoms with Crippen LogP contribution in [0.4, 0.5) is 0 Å². The molecule has 3 saturated carbocycles. The van der Waals surface area contributed by atoms with Crippen molar-refractivity contribution in [3.05, 3.63) is 12.2 Å². The molecule has 25 heavy (non-hydrogen) atoms. The molecule has 142 valence electrons. The van der Waals surface area contributed by atoms with Crippen LogP contribution >= 0.6 is 0 Å². The molecule has 3 nitrogen and oxygen atoms in total. The number of allylic oxidation sites excluding steroid dienone is 1. The highest BCUT2D eigenvalue weighted by Crippen LogP contribution is 2.63. The molecule has 0 spiro atoms. The van der Waals surface area contributed by atoms with Gasteiger partial charge in [-0.2, -0.15) is 0 Å². The smallest absolute Gasteiger partial charge is 0.302 e. The van der Waals surface area contributed by atoms with Crippen molar-refractivity contribution in [2.75, 3.05) is 0 Å². The van der Waals surface area contributed by atoms with E-state index in [0.29, 0.717) is 35.0 Å². The predicted octanol–water partition coefficient (Wildman–Crippen LogP) is 4.73. The van der Waals surface area contributed by atoms with Crippen LogP contribution in [0.1, 0.15) is 73.1 Å². The first-order valence-electron chi connectivity index (χ1n) is 10.1. The maximum atomic E-state index is 11.6. The van der Waals surface area contributed by atoms with Crippen molar-refractivity contribution >= 4 is 5.97 Å². The maximum absolute atomic E-state index is 11.6. The summed E-state index contributed by atoms with van der Waals surface area (Å²) < 4.78 is 5.70. The molecule has 0 amide bonds. The Bertz CT molecular complexity index is 551. The number of fused-ring (bicyclic) bond motifs is 3. The van der Waals surface area contributed by atoms with Crippen LogP contribution in [0, 0.1) is 35.0 Å². The Balaban J connectivity index is 1.99. The monoisotopic (exact) mass is 348 g/mol. The highest BCUT2D eigenvalue weighted by Gasteiger charge is 2.59. The van der Waals surface area contributed by atoms with Crippen LogP contribution in [0.3, 0.4) is 0 Å². The van der Waals surface area contributed by atoms with Crippen LogP contribution in [0.15, 0.2) is 12.2 Å². The van der Waals surface area contributed by atoms with E-state index in [-0.39, 0.29) is 12.1 Å². The minimum Gasteiger partial charge on any atom is -0.462 e. The third-order valence-electron chi connectivity index (χ3n) is 8.04. The van der Waals surface area contributed by atoms with E-state index < -0.39 is 5.60 Å². The number of ether oxygens (including phenoxy) is 1.